The van der Waals surface area contributed by atoms with Crippen molar-refractivity contribution in [1.29, 1.82) is 0 Å². The number of pyridine rings is 1. The zero-order chi connectivity index (χ0) is 11.7. The Morgan fingerprint density at radius 3 is 3.24 bits per heavy atom. The van der Waals surface area contributed by atoms with Crippen LogP contribution in [0.1, 0.15) is 12.8 Å². The average Bonchev–Trinajstić information content (AvgIpc) is 2.83. The second-order valence-electron chi connectivity index (χ2n) is 4.68. The summed E-state index contributed by atoms with van der Waals surface area (Å²) in [4.78, 5) is 12.2. The van der Waals surface area contributed by atoms with Crippen LogP contribution in [0.15, 0.2) is 28.5 Å². The average molecular weight is 248 g/mol. The molecule has 0 spiro atoms. The van der Waals surface area contributed by atoms with Crippen molar-refractivity contribution >= 4 is 21.4 Å². The van der Waals surface area contributed by atoms with Crippen LogP contribution in [-0.2, 0) is 6.54 Å². The van der Waals surface area contributed by atoms with Crippen molar-refractivity contribution in [3.63, 3.8) is 0 Å². The van der Waals surface area contributed by atoms with E-state index >= 15 is 0 Å². The summed E-state index contributed by atoms with van der Waals surface area (Å²) in [6.07, 6.45) is 4.39. The fourth-order valence-electron chi connectivity index (χ4n) is 2.51. The normalized spacial score (nSPS) is 20.8. The Morgan fingerprint density at radius 1 is 1.47 bits per heavy atom. The van der Waals surface area contributed by atoms with Crippen LogP contribution in [0.2, 0.25) is 0 Å². The van der Waals surface area contributed by atoms with Gasteiger partial charge in [0.25, 0.3) is 5.56 Å². The Morgan fingerprint density at radius 2 is 2.41 bits per heavy atom. The van der Waals surface area contributed by atoms with Crippen molar-refractivity contribution in [3.05, 3.63) is 34.1 Å². The van der Waals surface area contributed by atoms with Crippen molar-refractivity contribution in [2.45, 2.75) is 19.4 Å². The van der Waals surface area contributed by atoms with Crippen molar-refractivity contribution in [2.24, 2.45) is 5.92 Å². The van der Waals surface area contributed by atoms with E-state index < -0.39 is 0 Å². The highest BCUT2D eigenvalue weighted by Gasteiger charge is 2.14. The molecule has 0 radical (unpaired) electrons. The van der Waals surface area contributed by atoms with Gasteiger partial charge in [0.15, 0.2) is 0 Å². The SMILES string of the molecule is O=c1c2ccsc2ccn1C[C@@H]1CCCNC1. The van der Waals surface area contributed by atoms with Gasteiger partial charge in [-0.1, -0.05) is 0 Å². The lowest BCUT2D eigenvalue weighted by molar-refractivity contribution is 0.334. The van der Waals surface area contributed by atoms with Crippen LogP contribution < -0.4 is 10.9 Å². The molecule has 0 saturated carbocycles. The van der Waals surface area contributed by atoms with E-state index in [2.05, 4.69) is 11.4 Å². The summed E-state index contributed by atoms with van der Waals surface area (Å²) in [7, 11) is 0. The molecule has 2 aromatic rings. The topological polar surface area (TPSA) is 34.0 Å². The highest BCUT2D eigenvalue weighted by Crippen LogP contribution is 2.17. The van der Waals surface area contributed by atoms with Crippen LogP contribution in [0.4, 0.5) is 0 Å². The predicted molar refractivity (Wildman–Crippen MR) is 71.7 cm³/mol. The molecule has 1 fully saturated rings. The van der Waals surface area contributed by atoms with E-state index in [1.165, 1.54) is 12.8 Å². The van der Waals surface area contributed by atoms with Crippen LogP contribution in [0.25, 0.3) is 10.1 Å². The molecular formula is C13H16N2OS. The van der Waals surface area contributed by atoms with E-state index in [9.17, 15) is 4.79 Å². The molecule has 4 heteroatoms. The minimum Gasteiger partial charge on any atom is -0.316 e. The van der Waals surface area contributed by atoms with Gasteiger partial charge >= 0.3 is 0 Å². The quantitative estimate of drug-likeness (QED) is 0.882. The van der Waals surface area contributed by atoms with Gasteiger partial charge in [-0.15, -0.1) is 11.3 Å². The molecule has 2 aromatic heterocycles. The monoisotopic (exact) mass is 248 g/mol. The van der Waals surface area contributed by atoms with E-state index in [4.69, 9.17) is 0 Å². The van der Waals surface area contributed by atoms with E-state index in [1.807, 2.05) is 22.2 Å². The summed E-state index contributed by atoms with van der Waals surface area (Å²) < 4.78 is 2.96. The summed E-state index contributed by atoms with van der Waals surface area (Å²) in [5.41, 5.74) is 0.161. The molecular weight excluding hydrogens is 232 g/mol. The van der Waals surface area contributed by atoms with E-state index in [1.54, 1.807) is 11.3 Å². The summed E-state index contributed by atoms with van der Waals surface area (Å²) in [6, 6.07) is 3.98. The number of fused-ring (bicyclic) bond motifs is 1. The maximum Gasteiger partial charge on any atom is 0.259 e. The van der Waals surface area contributed by atoms with Crippen LogP contribution in [0, 0.1) is 5.92 Å². The van der Waals surface area contributed by atoms with E-state index in [-0.39, 0.29) is 5.56 Å². The largest absolute Gasteiger partial charge is 0.316 e. The number of hydrogen-bond acceptors (Lipinski definition) is 3. The van der Waals surface area contributed by atoms with Gasteiger partial charge in [-0.05, 0) is 49.4 Å². The van der Waals surface area contributed by atoms with Crippen LogP contribution in [0.3, 0.4) is 0 Å². The number of aromatic nitrogens is 1. The van der Waals surface area contributed by atoms with Crippen molar-refractivity contribution in [1.82, 2.24) is 9.88 Å². The molecule has 3 heterocycles. The van der Waals surface area contributed by atoms with Gasteiger partial charge in [0.1, 0.15) is 0 Å². The first kappa shape index (κ1) is 11.0. The minimum absolute atomic E-state index is 0.161. The smallest absolute Gasteiger partial charge is 0.259 e. The maximum absolute atomic E-state index is 12.2. The van der Waals surface area contributed by atoms with Gasteiger partial charge in [0, 0.05) is 17.4 Å². The fourth-order valence-corrected chi connectivity index (χ4v) is 3.28. The Bertz CT molecular complexity index is 566. The number of nitrogens with zero attached hydrogens (tertiary/aromatic N) is 1. The Labute approximate surface area is 104 Å². The highest BCUT2D eigenvalue weighted by atomic mass is 32.1. The molecule has 1 aliphatic rings. The van der Waals surface area contributed by atoms with E-state index in [0.29, 0.717) is 5.92 Å². The number of rotatable bonds is 2. The standard InChI is InChI=1S/C13H16N2OS/c16-13-11-4-7-17-12(11)3-6-15(13)9-10-2-1-5-14-8-10/h3-4,6-7,10,14H,1-2,5,8-9H2/t10-/m1/s1. The van der Waals surface area contributed by atoms with Crippen LogP contribution in [0.5, 0.6) is 0 Å². The predicted octanol–water partition coefficient (Wildman–Crippen LogP) is 2.06. The third-order valence-corrected chi connectivity index (χ3v) is 4.33. The molecule has 17 heavy (non-hydrogen) atoms. The molecule has 1 saturated heterocycles. The first-order valence-corrected chi connectivity index (χ1v) is 7.00. The Kier molecular flexibility index (Phi) is 2.99. The summed E-state index contributed by atoms with van der Waals surface area (Å²) in [5, 5.41) is 6.24. The second kappa shape index (κ2) is 4.63. The molecule has 1 aliphatic heterocycles. The van der Waals surface area contributed by atoms with Crippen molar-refractivity contribution < 1.29 is 0 Å². The summed E-state index contributed by atoms with van der Waals surface area (Å²) in [5.74, 6) is 0.595. The van der Waals surface area contributed by atoms with E-state index in [0.717, 1.165) is 29.7 Å². The lowest BCUT2D eigenvalue weighted by Crippen LogP contribution is -2.34. The van der Waals surface area contributed by atoms with Gasteiger partial charge in [-0.25, -0.2) is 0 Å². The first-order chi connectivity index (χ1) is 8.34. The van der Waals surface area contributed by atoms with Gasteiger partial charge in [0.2, 0.25) is 0 Å². The maximum atomic E-state index is 12.2. The molecule has 1 N–H and O–H groups in total. The number of nitrogens with one attached hydrogen (secondary N) is 1. The van der Waals surface area contributed by atoms with Gasteiger partial charge in [-0.3, -0.25) is 4.79 Å². The zero-order valence-corrected chi connectivity index (χ0v) is 10.5. The third kappa shape index (κ3) is 2.15. The Hall–Kier alpha value is -1.13. The molecule has 0 amide bonds. The first-order valence-electron chi connectivity index (χ1n) is 6.12. The van der Waals surface area contributed by atoms with Gasteiger partial charge < -0.3 is 9.88 Å². The van der Waals surface area contributed by atoms with Crippen molar-refractivity contribution in [2.75, 3.05) is 13.1 Å². The summed E-state index contributed by atoms with van der Waals surface area (Å²) in [6.45, 7) is 3.00. The third-order valence-electron chi connectivity index (χ3n) is 3.45. The molecule has 0 aliphatic carbocycles. The molecule has 90 valence electrons. The minimum atomic E-state index is 0.161. The zero-order valence-electron chi connectivity index (χ0n) is 9.69. The number of thiophene rings is 1. The molecule has 3 nitrogen and oxygen atoms in total. The lowest BCUT2D eigenvalue weighted by Gasteiger charge is -2.23. The van der Waals surface area contributed by atoms with Crippen LogP contribution >= 0.6 is 11.3 Å². The molecule has 1 atom stereocenters. The molecule has 0 bridgehead atoms. The molecule has 3 rings (SSSR count). The highest BCUT2D eigenvalue weighted by molar-refractivity contribution is 7.17. The van der Waals surface area contributed by atoms with Crippen LogP contribution in [-0.4, -0.2) is 17.7 Å². The fraction of sp³-hybridized carbons (Fsp3) is 0.462. The number of hydrogen-bond donors (Lipinski definition) is 1. The van der Waals surface area contributed by atoms with Gasteiger partial charge in [-0.2, -0.15) is 0 Å². The van der Waals surface area contributed by atoms with Gasteiger partial charge in [0.05, 0.1) is 5.39 Å². The lowest BCUT2D eigenvalue weighted by atomic mass is 9.99. The molecule has 0 unspecified atom stereocenters. The summed E-state index contributed by atoms with van der Waals surface area (Å²) >= 11 is 1.63. The Balaban J connectivity index is 1.89. The van der Waals surface area contributed by atoms with Crippen molar-refractivity contribution in [3.8, 4) is 0 Å². The number of piperidine rings is 1. The second-order valence-corrected chi connectivity index (χ2v) is 5.63. The molecule has 0 aromatic carbocycles.